The van der Waals surface area contributed by atoms with Crippen LogP contribution < -0.4 is 5.73 Å². The molecule has 0 saturated carbocycles. The summed E-state index contributed by atoms with van der Waals surface area (Å²) < 4.78 is 13.2. The SMILES string of the molecule is N[C@@H](C(=O)O)c1cc(F)cc(Br)c1. The highest BCUT2D eigenvalue weighted by Gasteiger charge is 2.15. The van der Waals surface area contributed by atoms with Crippen LogP contribution in [0.15, 0.2) is 22.7 Å². The van der Waals surface area contributed by atoms with E-state index in [2.05, 4.69) is 15.9 Å². The lowest BCUT2D eigenvalue weighted by atomic mass is 10.1. The summed E-state index contributed by atoms with van der Waals surface area (Å²) >= 11 is 3.04. The Balaban J connectivity index is 3.07. The summed E-state index contributed by atoms with van der Waals surface area (Å²) in [4.78, 5) is 10.5. The number of halogens is 2. The van der Waals surface area contributed by atoms with E-state index in [1.54, 1.807) is 0 Å². The first kappa shape index (κ1) is 10.1. The zero-order valence-electron chi connectivity index (χ0n) is 6.50. The molecule has 0 aliphatic rings. The van der Waals surface area contributed by atoms with Crippen LogP contribution in [-0.2, 0) is 4.79 Å². The fourth-order valence-corrected chi connectivity index (χ4v) is 1.38. The predicted molar refractivity (Wildman–Crippen MR) is 48.7 cm³/mol. The summed E-state index contributed by atoms with van der Waals surface area (Å²) in [6.45, 7) is 0. The Bertz CT molecular complexity index is 323. The molecule has 0 spiro atoms. The molecule has 1 aromatic rings. The molecular weight excluding hydrogens is 241 g/mol. The molecule has 0 fully saturated rings. The number of carboxylic acid groups (broad SMARTS) is 1. The zero-order chi connectivity index (χ0) is 10.0. The van der Waals surface area contributed by atoms with E-state index in [0.717, 1.165) is 6.07 Å². The van der Waals surface area contributed by atoms with E-state index in [1.807, 2.05) is 0 Å². The second-order valence-corrected chi connectivity index (χ2v) is 3.43. The average molecular weight is 248 g/mol. The molecule has 1 atom stereocenters. The zero-order valence-corrected chi connectivity index (χ0v) is 8.08. The topological polar surface area (TPSA) is 63.3 Å². The number of benzene rings is 1. The van der Waals surface area contributed by atoms with Crippen molar-refractivity contribution in [2.75, 3.05) is 0 Å². The van der Waals surface area contributed by atoms with Gasteiger partial charge >= 0.3 is 5.97 Å². The number of rotatable bonds is 2. The Kier molecular flexibility index (Phi) is 3.00. The minimum absolute atomic E-state index is 0.236. The first-order chi connectivity index (χ1) is 6.00. The van der Waals surface area contributed by atoms with Crippen LogP contribution >= 0.6 is 15.9 Å². The van der Waals surface area contributed by atoms with Crippen LogP contribution in [0.2, 0.25) is 0 Å². The van der Waals surface area contributed by atoms with E-state index in [9.17, 15) is 9.18 Å². The minimum atomic E-state index is -1.19. The standard InChI is InChI=1S/C8H7BrFNO2/c9-5-1-4(2-6(10)3-5)7(11)8(12)13/h1-3,7H,11H2,(H,12,13)/t7-/m1/s1. The lowest BCUT2D eigenvalue weighted by Gasteiger charge is -2.06. The van der Waals surface area contributed by atoms with Crippen LogP contribution in [0.5, 0.6) is 0 Å². The fraction of sp³-hybridized carbons (Fsp3) is 0.125. The first-order valence-electron chi connectivity index (χ1n) is 3.45. The molecule has 0 unspecified atom stereocenters. The molecule has 0 amide bonds. The Morgan fingerprint density at radius 3 is 2.62 bits per heavy atom. The van der Waals surface area contributed by atoms with Crippen molar-refractivity contribution in [2.45, 2.75) is 6.04 Å². The van der Waals surface area contributed by atoms with Crippen LogP contribution in [0.3, 0.4) is 0 Å². The molecule has 13 heavy (non-hydrogen) atoms. The Morgan fingerprint density at radius 1 is 1.54 bits per heavy atom. The predicted octanol–water partition coefficient (Wildman–Crippen LogP) is 1.67. The maximum Gasteiger partial charge on any atom is 0.325 e. The monoisotopic (exact) mass is 247 g/mol. The van der Waals surface area contributed by atoms with E-state index in [1.165, 1.54) is 12.1 Å². The van der Waals surface area contributed by atoms with Gasteiger partial charge in [-0.05, 0) is 23.8 Å². The van der Waals surface area contributed by atoms with Crippen LogP contribution in [0.4, 0.5) is 4.39 Å². The van der Waals surface area contributed by atoms with Crippen LogP contribution in [0.1, 0.15) is 11.6 Å². The Labute approximate surface area is 82.5 Å². The maximum atomic E-state index is 12.8. The van der Waals surface area contributed by atoms with Gasteiger partial charge in [-0.25, -0.2) is 4.39 Å². The van der Waals surface area contributed by atoms with Crippen molar-refractivity contribution in [1.82, 2.24) is 0 Å². The molecule has 3 N–H and O–H groups in total. The summed E-state index contributed by atoms with van der Waals surface area (Å²) in [7, 11) is 0. The molecular formula is C8H7BrFNO2. The second-order valence-electron chi connectivity index (χ2n) is 2.52. The van der Waals surface area contributed by atoms with Gasteiger partial charge in [-0.3, -0.25) is 4.79 Å². The third kappa shape index (κ3) is 2.50. The van der Waals surface area contributed by atoms with Gasteiger partial charge < -0.3 is 10.8 Å². The summed E-state index contributed by atoms with van der Waals surface area (Å²) in [5.41, 5.74) is 5.52. The highest BCUT2D eigenvalue weighted by atomic mass is 79.9. The van der Waals surface area contributed by atoms with Crippen molar-refractivity contribution >= 4 is 21.9 Å². The number of nitrogens with two attached hydrogens (primary N) is 1. The lowest BCUT2D eigenvalue weighted by molar-refractivity contribution is -0.138. The van der Waals surface area contributed by atoms with Crippen molar-refractivity contribution in [1.29, 1.82) is 0 Å². The number of aliphatic carboxylic acids is 1. The first-order valence-corrected chi connectivity index (χ1v) is 4.24. The number of carboxylic acids is 1. The number of carbonyl (C=O) groups is 1. The summed E-state index contributed by atoms with van der Waals surface area (Å²) in [5, 5.41) is 8.55. The van der Waals surface area contributed by atoms with Gasteiger partial charge in [0, 0.05) is 4.47 Å². The van der Waals surface area contributed by atoms with E-state index >= 15 is 0 Å². The van der Waals surface area contributed by atoms with Gasteiger partial charge in [-0.2, -0.15) is 0 Å². The van der Waals surface area contributed by atoms with Gasteiger partial charge in [-0.1, -0.05) is 15.9 Å². The molecule has 1 rings (SSSR count). The molecule has 0 aliphatic carbocycles. The van der Waals surface area contributed by atoms with Gasteiger partial charge in [0.05, 0.1) is 0 Å². The van der Waals surface area contributed by atoms with Gasteiger partial charge in [0.25, 0.3) is 0 Å². The van der Waals surface area contributed by atoms with Crippen molar-refractivity contribution in [3.8, 4) is 0 Å². The van der Waals surface area contributed by atoms with E-state index in [-0.39, 0.29) is 5.56 Å². The van der Waals surface area contributed by atoms with Gasteiger partial charge in [0.1, 0.15) is 11.9 Å². The molecule has 5 heteroatoms. The number of hydrogen-bond donors (Lipinski definition) is 2. The number of hydrogen-bond acceptors (Lipinski definition) is 2. The fourth-order valence-electron chi connectivity index (χ4n) is 0.897. The molecule has 3 nitrogen and oxygen atoms in total. The normalized spacial score (nSPS) is 12.5. The molecule has 0 bridgehead atoms. The van der Waals surface area contributed by atoms with Crippen molar-refractivity contribution < 1.29 is 14.3 Å². The maximum absolute atomic E-state index is 12.8. The Hall–Kier alpha value is -0.940. The smallest absolute Gasteiger partial charge is 0.325 e. The average Bonchev–Trinajstić information content (AvgIpc) is 2.01. The molecule has 0 radical (unpaired) electrons. The molecule has 1 aromatic carbocycles. The van der Waals surface area contributed by atoms with Gasteiger partial charge in [0.2, 0.25) is 0 Å². The quantitative estimate of drug-likeness (QED) is 0.836. The van der Waals surface area contributed by atoms with Gasteiger partial charge in [0.15, 0.2) is 0 Å². The van der Waals surface area contributed by atoms with E-state index in [4.69, 9.17) is 10.8 Å². The summed E-state index contributed by atoms with van der Waals surface area (Å²) in [5.74, 6) is -1.70. The van der Waals surface area contributed by atoms with Crippen molar-refractivity contribution in [2.24, 2.45) is 5.73 Å². The van der Waals surface area contributed by atoms with Crippen molar-refractivity contribution in [3.05, 3.63) is 34.1 Å². The van der Waals surface area contributed by atoms with Crippen molar-refractivity contribution in [3.63, 3.8) is 0 Å². The van der Waals surface area contributed by atoms with Crippen LogP contribution in [-0.4, -0.2) is 11.1 Å². The highest BCUT2D eigenvalue weighted by Crippen LogP contribution is 2.19. The summed E-state index contributed by atoms with van der Waals surface area (Å²) in [6, 6.07) is 2.62. The van der Waals surface area contributed by atoms with Gasteiger partial charge in [-0.15, -0.1) is 0 Å². The van der Waals surface area contributed by atoms with E-state index < -0.39 is 17.8 Å². The highest BCUT2D eigenvalue weighted by molar-refractivity contribution is 9.10. The largest absolute Gasteiger partial charge is 0.480 e. The second kappa shape index (κ2) is 3.85. The molecule has 0 aliphatic heterocycles. The van der Waals surface area contributed by atoms with E-state index in [0.29, 0.717) is 4.47 Å². The third-order valence-electron chi connectivity index (χ3n) is 1.51. The van der Waals surface area contributed by atoms with Crippen LogP contribution in [0.25, 0.3) is 0 Å². The Morgan fingerprint density at radius 2 is 2.15 bits per heavy atom. The molecule has 70 valence electrons. The molecule has 0 aromatic heterocycles. The minimum Gasteiger partial charge on any atom is -0.480 e. The molecule has 0 saturated heterocycles. The molecule has 0 heterocycles. The third-order valence-corrected chi connectivity index (χ3v) is 1.97. The lowest BCUT2D eigenvalue weighted by Crippen LogP contribution is -2.20. The summed E-state index contributed by atoms with van der Waals surface area (Å²) in [6.07, 6.45) is 0. The van der Waals surface area contributed by atoms with Crippen LogP contribution in [0, 0.1) is 5.82 Å².